The Kier molecular flexibility index (Phi) is 5.90. The first-order chi connectivity index (χ1) is 14.5. The van der Waals surface area contributed by atoms with Crippen LogP contribution in [0.2, 0.25) is 0 Å². The SMILES string of the molecule is CC(C)c1ccc(CN2CCN(C(=O)Cn3nnc4ccccc4c3=O)CC2)cc1. The van der Waals surface area contributed by atoms with Crippen molar-refractivity contribution < 1.29 is 4.79 Å². The van der Waals surface area contributed by atoms with Crippen molar-refractivity contribution in [3.05, 3.63) is 70.0 Å². The molecular formula is C23H27N5O2. The maximum Gasteiger partial charge on any atom is 0.278 e. The predicted molar refractivity (Wildman–Crippen MR) is 116 cm³/mol. The van der Waals surface area contributed by atoms with Crippen LogP contribution in [0.3, 0.4) is 0 Å². The summed E-state index contributed by atoms with van der Waals surface area (Å²) in [7, 11) is 0. The number of benzene rings is 2. The zero-order chi connectivity index (χ0) is 21.1. The molecule has 0 unspecified atom stereocenters. The van der Waals surface area contributed by atoms with Crippen molar-refractivity contribution in [2.75, 3.05) is 26.2 Å². The van der Waals surface area contributed by atoms with Gasteiger partial charge in [0, 0.05) is 32.7 Å². The van der Waals surface area contributed by atoms with Gasteiger partial charge in [0.1, 0.15) is 12.1 Å². The van der Waals surface area contributed by atoms with Gasteiger partial charge < -0.3 is 4.90 Å². The van der Waals surface area contributed by atoms with Crippen molar-refractivity contribution in [1.29, 1.82) is 0 Å². The second kappa shape index (κ2) is 8.75. The summed E-state index contributed by atoms with van der Waals surface area (Å²) < 4.78 is 1.16. The zero-order valence-corrected chi connectivity index (χ0v) is 17.5. The summed E-state index contributed by atoms with van der Waals surface area (Å²) in [5, 5.41) is 8.46. The fourth-order valence-electron chi connectivity index (χ4n) is 3.78. The van der Waals surface area contributed by atoms with E-state index in [2.05, 4.69) is 53.3 Å². The molecule has 0 aliphatic carbocycles. The molecule has 30 heavy (non-hydrogen) atoms. The van der Waals surface area contributed by atoms with Gasteiger partial charge in [-0.2, -0.15) is 0 Å². The van der Waals surface area contributed by atoms with Gasteiger partial charge in [-0.25, -0.2) is 4.68 Å². The van der Waals surface area contributed by atoms with Crippen LogP contribution in [-0.4, -0.2) is 56.9 Å². The summed E-state index contributed by atoms with van der Waals surface area (Å²) in [6, 6.07) is 15.8. The van der Waals surface area contributed by atoms with Crippen molar-refractivity contribution in [3.8, 4) is 0 Å². The van der Waals surface area contributed by atoms with Crippen molar-refractivity contribution in [3.63, 3.8) is 0 Å². The molecule has 0 atom stereocenters. The number of rotatable bonds is 5. The second-order valence-electron chi connectivity index (χ2n) is 8.12. The van der Waals surface area contributed by atoms with Crippen molar-refractivity contribution >= 4 is 16.8 Å². The van der Waals surface area contributed by atoms with Crippen LogP contribution in [0.15, 0.2) is 53.3 Å². The molecule has 156 valence electrons. The third kappa shape index (κ3) is 4.41. The highest BCUT2D eigenvalue weighted by Crippen LogP contribution is 2.16. The van der Waals surface area contributed by atoms with E-state index in [-0.39, 0.29) is 18.0 Å². The predicted octanol–water partition coefficient (Wildman–Crippen LogP) is 2.26. The molecule has 2 aromatic carbocycles. The van der Waals surface area contributed by atoms with Gasteiger partial charge in [-0.05, 0) is 29.2 Å². The standard InChI is InChI=1S/C23H27N5O2/c1-17(2)19-9-7-18(8-10-19)15-26-11-13-27(14-12-26)22(29)16-28-23(30)20-5-3-4-6-21(20)24-25-28/h3-10,17H,11-16H2,1-2H3. The van der Waals surface area contributed by atoms with E-state index in [1.165, 1.54) is 11.1 Å². The lowest BCUT2D eigenvalue weighted by Gasteiger charge is -2.34. The minimum atomic E-state index is -0.280. The molecule has 1 aromatic heterocycles. The topological polar surface area (TPSA) is 71.3 Å². The molecule has 3 aromatic rings. The van der Waals surface area contributed by atoms with Crippen molar-refractivity contribution in [2.45, 2.75) is 32.9 Å². The fourth-order valence-corrected chi connectivity index (χ4v) is 3.78. The molecule has 0 spiro atoms. The number of fused-ring (bicyclic) bond motifs is 1. The third-order valence-electron chi connectivity index (χ3n) is 5.69. The lowest BCUT2D eigenvalue weighted by atomic mass is 10.0. The Morgan fingerprint density at radius 1 is 1.00 bits per heavy atom. The van der Waals surface area contributed by atoms with Gasteiger partial charge >= 0.3 is 0 Å². The first-order valence-electron chi connectivity index (χ1n) is 10.4. The van der Waals surface area contributed by atoms with Crippen LogP contribution in [0, 0.1) is 0 Å². The molecule has 1 fully saturated rings. The normalized spacial score (nSPS) is 15.1. The maximum atomic E-state index is 12.7. The molecule has 2 heterocycles. The van der Waals surface area contributed by atoms with E-state index in [9.17, 15) is 9.59 Å². The van der Waals surface area contributed by atoms with E-state index < -0.39 is 0 Å². The van der Waals surface area contributed by atoms with Crippen LogP contribution in [-0.2, 0) is 17.9 Å². The Labute approximate surface area is 175 Å². The molecule has 0 saturated carbocycles. The van der Waals surface area contributed by atoms with E-state index in [1.54, 1.807) is 18.2 Å². The average Bonchev–Trinajstić information content (AvgIpc) is 2.77. The van der Waals surface area contributed by atoms with Crippen LogP contribution in [0.4, 0.5) is 0 Å². The molecular weight excluding hydrogens is 378 g/mol. The van der Waals surface area contributed by atoms with Gasteiger partial charge in [0.05, 0.1) is 5.39 Å². The lowest BCUT2D eigenvalue weighted by molar-refractivity contribution is -0.134. The van der Waals surface area contributed by atoms with E-state index >= 15 is 0 Å². The fraction of sp³-hybridized carbons (Fsp3) is 0.391. The number of hydrogen-bond donors (Lipinski definition) is 0. The molecule has 0 bridgehead atoms. The number of nitrogens with zero attached hydrogens (tertiary/aromatic N) is 5. The highest BCUT2D eigenvalue weighted by Gasteiger charge is 2.22. The molecule has 1 aliphatic rings. The first-order valence-corrected chi connectivity index (χ1v) is 10.4. The van der Waals surface area contributed by atoms with Crippen LogP contribution in [0.25, 0.3) is 10.9 Å². The quantitative estimate of drug-likeness (QED) is 0.651. The van der Waals surface area contributed by atoms with Gasteiger partial charge in [0.2, 0.25) is 5.91 Å². The summed E-state index contributed by atoms with van der Waals surface area (Å²) in [5.41, 5.74) is 2.90. The Hall–Kier alpha value is -3.06. The highest BCUT2D eigenvalue weighted by molar-refractivity contribution is 5.78. The van der Waals surface area contributed by atoms with Crippen LogP contribution >= 0.6 is 0 Å². The molecule has 7 nitrogen and oxygen atoms in total. The zero-order valence-electron chi connectivity index (χ0n) is 17.5. The summed E-state index contributed by atoms with van der Waals surface area (Å²) in [6.07, 6.45) is 0. The molecule has 0 N–H and O–H groups in total. The Bertz CT molecular complexity index is 1080. The monoisotopic (exact) mass is 405 g/mol. The number of carbonyl (C=O) groups is 1. The Morgan fingerprint density at radius 2 is 1.70 bits per heavy atom. The van der Waals surface area contributed by atoms with Crippen LogP contribution in [0.5, 0.6) is 0 Å². The summed E-state index contributed by atoms with van der Waals surface area (Å²) in [4.78, 5) is 29.4. The van der Waals surface area contributed by atoms with Gasteiger partial charge in [0.25, 0.3) is 5.56 Å². The summed E-state index contributed by atoms with van der Waals surface area (Å²) >= 11 is 0. The van der Waals surface area contributed by atoms with Crippen LogP contribution < -0.4 is 5.56 Å². The first kappa shape index (κ1) is 20.2. The number of amides is 1. The van der Waals surface area contributed by atoms with Crippen molar-refractivity contribution in [1.82, 2.24) is 24.8 Å². The minimum Gasteiger partial charge on any atom is -0.339 e. The van der Waals surface area contributed by atoms with Crippen LogP contribution in [0.1, 0.15) is 30.9 Å². The van der Waals surface area contributed by atoms with E-state index in [0.29, 0.717) is 29.9 Å². The molecule has 1 amide bonds. The number of piperazine rings is 1. The average molecular weight is 406 g/mol. The second-order valence-corrected chi connectivity index (χ2v) is 8.12. The summed E-state index contributed by atoms with van der Waals surface area (Å²) in [6.45, 7) is 8.14. The van der Waals surface area contributed by atoms with E-state index in [4.69, 9.17) is 0 Å². The number of carbonyl (C=O) groups excluding carboxylic acids is 1. The number of aromatic nitrogens is 3. The molecule has 0 radical (unpaired) electrons. The van der Waals surface area contributed by atoms with Gasteiger partial charge in [-0.3, -0.25) is 14.5 Å². The largest absolute Gasteiger partial charge is 0.339 e. The van der Waals surface area contributed by atoms with Gasteiger partial charge in [0.15, 0.2) is 0 Å². The minimum absolute atomic E-state index is 0.0761. The molecule has 1 saturated heterocycles. The number of hydrogen-bond acceptors (Lipinski definition) is 5. The molecule has 7 heteroatoms. The lowest BCUT2D eigenvalue weighted by Crippen LogP contribution is -2.49. The third-order valence-corrected chi connectivity index (χ3v) is 5.69. The van der Waals surface area contributed by atoms with Gasteiger partial charge in [-0.1, -0.05) is 55.5 Å². The van der Waals surface area contributed by atoms with E-state index in [1.807, 2.05) is 11.0 Å². The van der Waals surface area contributed by atoms with E-state index in [0.717, 1.165) is 24.3 Å². The molecule has 1 aliphatic heterocycles. The smallest absolute Gasteiger partial charge is 0.278 e. The van der Waals surface area contributed by atoms with Gasteiger partial charge in [-0.15, -0.1) is 5.10 Å². The van der Waals surface area contributed by atoms with Crippen molar-refractivity contribution in [2.24, 2.45) is 0 Å². The highest BCUT2D eigenvalue weighted by atomic mass is 16.2. The Balaban J connectivity index is 1.33. The summed E-state index contributed by atoms with van der Waals surface area (Å²) in [5.74, 6) is 0.441. The molecule has 4 rings (SSSR count). The Morgan fingerprint density at radius 3 is 2.40 bits per heavy atom. The maximum absolute atomic E-state index is 12.7.